The van der Waals surface area contributed by atoms with Gasteiger partial charge in [0.05, 0.1) is 12.1 Å². The second-order valence-corrected chi connectivity index (χ2v) is 7.78. The van der Waals surface area contributed by atoms with Crippen molar-refractivity contribution < 1.29 is 9.53 Å². The number of carbonyl (C=O) groups excluding carboxylic acids is 1. The molecule has 0 amide bonds. The fourth-order valence-corrected chi connectivity index (χ4v) is 3.23. The molecule has 26 heavy (non-hydrogen) atoms. The molecule has 2 aromatic rings. The first-order valence-electron chi connectivity index (χ1n) is 9.05. The summed E-state index contributed by atoms with van der Waals surface area (Å²) in [6.45, 7) is 8.27. The number of piperidine rings is 1. The van der Waals surface area contributed by atoms with Crippen LogP contribution in [0, 0.1) is 0 Å². The number of carbonyl (C=O) groups is 1. The molecule has 0 saturated carbocycles. The third-order valence-corrected chi connectivity index (χ3v) is 4.76. The molecular formula is C22H28ClNO2. The van der Waals surface area contributed by atoms with E-state index >= 15 is 0 Å². The average molecular weight is 374 g/mol. The summed E-state index contributed by atoms with van der Waals surface area (Å²) in [4.78, 5) is 14.8. The third kappa shape index (κ3) is 5.01. The maximum atomic E-state index is 12.5. The number of rotatable bonds is 3. The zero-order chi connectivity index (χ0) is 17.9. The molecule has 3 rings (SSSR count). The molecule has 1 atom stereocenters. The molecule has 3 nitrogen and oxygen atoms in total. The first-order valence-corrected chi connectivity index (χ1v) is 9.05. The number of esters is 1. The van der Waals surface area contributed by atoms with Crippen LogP contribution in [0.1, 0.15) is 49.5 Å². The van der Waals surface area contributed by atoms with E-state index < -0.39 is 0 Å². The molecule has 0 bridgehead atoms. The molecule has 1 unspecified atom stereocenters. The highest BCUT2D eigenvalue weighted by atomic mass is 35.5. The lowest BCUT2D eigenvalue weighted by Crippen LogP contribution is -2.40. The molecule has 0 spiro atoms. The van der Waals surface area contributed by atoms with E-state index in [-0.39, 0.29) is 29.9 Å². The van der Waals surface area contributed by atoms with Gasteiger partial charge >= 0.3 is 5.97 Å². The van der Waals surface area contributed by atoms with Crippen LogP contribution in [0.15, 0.2) is 54.6 Å². The van der Waals surface area contributed by atoms with Crippen LogP contribution < -0.4 is 4.90 Å². The summed E-state index contributed by atoms with van der Waals surface area (Å²) in [5, 5.41) is 0. The second kappa shape index (κ2) is 8.59. The van der Waals surface area contributed by atoms with Gasteiger partial charge < -0.3 is 9.64 Å². The zero-order valence-electron chi connectivity index (χ0n) is 15.8. The normalized spacial score (nSPS) is 17.3. The molecule has 4 heteroatoms. The Morgan fingerprint density at radius 3 is 2.31 bits per heavy atom. The summed E-state index contributed by atoms with van der Waals surface area (Å²) in [5.41, 5.74) is 3.13. The minimum absolute atomic E-state index is 0. The quantitative estimate of drug-likeness (QED) is 0.690. The number of hydrogen-bond donors (Lipinski definition) is 0. The molecule has 0 radical (unpaired) electrons. The van der Waals surface area contributed by atoms with E-state index in [1.165, 1.54) is 11.3 Å². The predicted molar refractivity (Wildman–Crippen MR) is 109 cm³/mol. The van der Waals surface area contributed by atoms with Gasteiger partial charge in [0.25, 0.3) is 0 Å². The molecule has 140 valence electrons. The lowest BCUT2D eigenvalue weighted by Gasteiger charge is -2.34. The maximum Gasteiger partial charge on any atom is 0.338 e. The van der Waals surface area contributed by atoms with Crippen molar-refractivity contribution in [1.29, 1.82) is 0 Å². The van der Waals surface area contributed by atoms with Crippen LogP contribution >= 0.6 is 12.4 Å². The molecule has 0 N–H and O–H groups in total. The fourth-order valence-electron chi connectivity index (χ4n) is 3.23. The van der Waals surface area contributed by atoms with Gasteiger partial charge in [-0.05, 0) is 48.1 Å². The van der Waals surface area contributed by atoms with Gasteiger partial charge in [0.2, 0.25) is 0 Å². The Bertz CT molecular complexity index is 707. The van der Waals surface area contributed by atoms with Crippen molar-refractivity contribution in [3.05, 3.63) is 65.7 Å². The summed E-state index contributed by atoms with van der Waals surface area (Å²) in [7, 11) is 0. The molecule has 1 heterocycles. The van der Waals surface area contributed by atoms with E-state index in [1.54, 1.807) is 0 Å². The topological polar surface area (TPSA) is 29.5 Å². The van der Waals surface area contributed by atoms with Crippen molar-refractivity contribution in [2.24, 2.45) is 0 Å². The number of hydrogen-bond acceptors (Lipinski definition) is 3. The molecule has 1 saturated heterocycles. The lowest BCUT2D eigenvalue weighted by atomic mass is 9.87. The fraction of sp³-hybridized carbons (Fsp3) is 0.409. The molecule has 1 fully saturated rings. The Hall–Kier alpha value is -2.00. The SMILES string of the molecule is CC(C)(C)c1ccc(C(=O)OC2CCCN(c3ccccc3)C2)cc1.Cl. The number of nitrogens with zero attached hydrogens (tertiary/aromatic N) is 1. The van der Waals surface area contributed by atoms with E-state index in [1.807, 2.05) is 42.5 Å². The maximum absolute atomic E-state index is 12.5. The Kier molecular flexibility index (Phi) is 6.71. The summed E-state index contributed by atoms with van der Waals surface area (Å²) < 4.78 is 5.77. The van der Waals surface area contributed by atoms with Crippen molar-refractivity contribution >= 4 is 24.1 Å². The second-order valence-electron chi connectivity index (χ2n) is 7.78. The van der Waals surface area contributed by atoms with Gasteiger partial charge in [0.1, 0.15) is 6.10 Å². The van der Waals surface area contributed by atoms with Gasteiger partial charge in [-0.15, -0.1) is 12.4 Å². The first-order chi connectivity index (χ1) is 11.9. The predicted octanol–water partition coefficient (Wildman–Crippen LogP) is 5.23. The van der Waals surface area contributed by atoms with Gasteiger partial charge in [-0.1, -0.05) is 51.1 Å². The standard InChI is InChI=1S/C22H27NO2.ClH/c1-22(2,3)18-13-11-17(12-14-18)21(24)25-20-10-7-15-23(16-20)19-8-5-4-6-9-19;/h4-6,8-9,11-14,20H,7,10,15-16H2,1-3H3;1H. The smallest absolute Gasteiger partial charge is 0.338 e. The highest BCUT2D eigenvalue weighted by molar-refractivity contribution is 5.89. The van der Waals surface area contributed by atoms with Crippen LogP contribution in [0.3, 0.4) is 0 Å². The van der Waals surface area contributed by atoms with Crippen molar-refractivity contribution in [2.75, 3.05) is 18.0 Å². The summed E-state index contributed by atoms with van der Waals surface area (Å²) in [6.07, 6.45) is 1.91. The Morgan fingerprint density at radius 1 is 1.04 bits per heavy atom. The van der Waals surface area contributed by atoms with Gasteiger partial charge in [-0.2, -0.15) is 0 Å². The minimum atomic E-state index is -0.222. The first kappa shape index (κ1) is 20.3. The largest absolute Gasteiger partial charge is 0.457 e. The van der Waals surface area contributed by atoms with Crippen LogP contribution in [-0.2, 0) is 10.2 Å². The van der Waals surface area contributed by atoms with E-state index in [0.717, 1.165) is 25.9 Å². The summed E-state index contributed by atoms with van der Waals surface area (Å²) >= 11 is 0. The van der Waals surface area contributed by atoms with E-state index in [0.29, 0.717) is 5.56 Å². The molecule has 2 aromatic carbocycles. The molecule has 0 aliphatic carbocycles. The van der Waals surface area contributed by atoms with Crippen molar-refractivity contribution in [3.8, 4) is 0 Å². The summed E-state index contributed by atoms with van der Waals surface area (Å²) in [6, 6.07) is 18.1. The van der Waals surface area contributed by atoms with Crippen LogP contribution in [0.4, 0.5) is 5.69 Å². The number of halogens is 1. The number of anilines is 1. The number of ether oxygens (including phenoxy) is 1. The average Bonchev–Trinajstić information content (AvgIpc) is 2.62. The summed E-state index contributed by atoms with van der Waals surface area (Å²) in [5.74, 6) is -0.222. The van der Waals surface area contributed by atoms with Gasteiger partial charge in [-0.3, -0.25) is 0 Å². The molecule has 1 aliphatic rings. The van der Waals surface area contributed by atoms with Gasteiger partial charge in [0.15, 0.2) is 0 Å². The van der Waals surface area contributed by atoms with Gasteiger partial charge in [0, 0.05) is 12.2 Å². The Labute approximate surface area is 162 Å². The number of benzene rings is 2. The lowest BCUT2D eigenvalue weighted by molar-refractivity contribution is 0.0270. The van der Waals surface area contributed by atoms with Crippen LogP contribution in [0.25, 0.3) is 0 Å². The minimum Gasteiger partial charge on any atom is -0.457 e. The van der Waals surface area contributed by atoms with E-state index in [4.69, 9.17) is 4.74 Å². The Morgan fingerprint density at radius 2 is 1.69 bits per heavy atom. The Balaban J connectivity index is 0.00000243. The van der Waals surface area contributed by atoms with Crippen LogP contribution in [0.5, 0.6) is 0 Å². The molecular weight excluding hydrogens is 346 g/mol. The molecule has 1 aliphatic heterocycles. The van der Waals surface area contributed by atoms with Crippen molar-refractivity contribution in [3.63, 3.8) is 0 Å². The highest BCUT2D eigenvalue weighted by Crippen LogP contribution is 2.24. The highest BCUT2D eigenvalue weighted by Gasteiger charge is 2.24. The van der Waals surface area contributed by atoms with Crippen molar-refractivity contribution in [1.82, 2.24) is 0 Å². The van der Waals surface area contributed by atoms with E-state index in [9.17, 15) is 4.79 Å². The van der Waals surface area contributed by atoms with Crippen LogP contribution in [0.2, 0.25) is 0 Å². The van der Waals surface area contributed by atoms with Crippen LogP contribution in [-0.4, -0.2) is 25.2 Å². The van der Waals surface area contributed by atoms with Gasteiger partial charge in [-0.25, -0.2) is 4.79 Å². The molecule has 0 aromatic heterocycles. The zero-order valence-corrected chi connectivity index (χ0v) is 16.6. The van der Waals surface area contributed by atoms with E-state index in [2.05, 4.69) is 37.8 Å². The third-order valence-electron chi connectivity index (χ3n) is 4.76. The monoisotopic (exact) mass is 373 g/mol. The number of para-hydroxylation sites is 1. The van der Waals surface area contributed by atoms with Crippen molar-refractivity contribution in [2.45, 2.75) is 45.1 Å².